The molecule has 0 bridgehead atoms. The van der Waals surface area contributed by atoms with Gasteiger partial charge in [-0.3, -0.25) is 0 Å². The second-order valence-electron chi connectivity index (χ2n) is 2.88. The maximum atomic E-state index is 12.3. The number of halogens is 3. The lowest BCUT2D eigenvalue weighted by Gasteiger charge is -2.06. The van der Waals surface area contributed by atoms with Crippen LogP contribution in [0.25, 0.3) is 0 Å². The third-order valence-electron chi connectivity index (χ3n) is 1.79. The smallest absolute Gasteiger partial charge is 0.320 e. The van der Waals surface area contributed by atoms with E-state index in [-0.39, 0.29) is 17.7 Å². The predicted molar refractivity (Wildman–Crippen MR) is 52.1 cm³/mol. The van der Waals surface area contributed by atoms with Crippen LogP contribution in [-0.2, 0) is 6.18 Å². The summed E-state index contributed by atoms with van der Waals surface area (Å²) in [5.74, 6) is 5.02. The van der Waals surface area contributed by atoms with E-state index in [0.717, 1.165) is 12.1 Å². The standard InChI is InChI=1S/C11H7F3N2/c12-11(13,14)10-4-3-8(2-1-5-15)9(6-10)7-16/h3-4,6H,5,15H2. The number of nitriles is 1. The van der Waals surface area contributed by atoms with Crippen molar-refractivity contribution >= 4 is 0 Å². The zero-order chi connectivity index (χ0) is 12.2. The van der Waals surface area contributed by atoms with Crippen molar-refractivity contribution in [2.45, 2.75) is 6.18 Å². The molecule has 1 aromatic carbocycles. The Morgan fingerprint density at radius 3 is 2.44 bits per heavy atom. The van der Waals surface area contributed by atoms with Gasteiger partial charge in [-0.05, 0) is 18.2 Å². The van der Waals surface area contributed by atoms with E-state index in [9.17, 15) is 13.2 Å². The summed E-state index contributed by atoms with van der Waals surface area (Å²) in [6.45, 7) is 0.0892. The van der Waals surface area contributed by atoms with Crippen molar-refractivity contribution in [3.8, 4) is 17.9 Å². The summed E-state index contributed by atoms with van der Waals surface area (Å²) in [5, 5.41) is 8.69. The van der Waals surface area contributed by atoms with Gasteiger partial charge in [0, 0.05) is 5.56 Å². The van der Waals surface area contributed by atoms with Crippen LogP contribution in [0.3, 0.4) is 0 Å². The third-order valence-corrected chi connectivity index (χ3v) is 1.79. The Morgan fingerprint density at radius 1 is 1.25 bits per heavy atom. The summed E-state index contributed by atoms with van der Waals surface area (Å²) in [4.78, 5) is 0. The van der Waals surface area contributed by atoms with E-state index in [1.165, 1.54) is 6.07 Å². The first-order valence-electron chi connectivity index (χ1n) is 4.29. The fraction of sp³-hybridized carbons (Fsp3) is 0.182. The maximum absolute atomic E-state index is 12.3. The minimum absolute atomic E-state index is 0.0892. The molecule has 0 radical (unpaired) electrons. The molecule has 0 aromatic heterocycles. The van der Waals surface area contributed by atoms with Gasteiger partial charge < -0.3 is 5.73 Å². The number of hydrogen-bond donors (Lipinski definition) is 1. The van der Waals surface area contributed by atoms with Crippen molar-refractivity contribution in [2.24, 2.45) is 5.73 Å². The lowest BCUT2D eigenvalue weighted by molar-refractivity contribution is -0.137. The summed E-state index contributed by atoms with van der Waals surface area (Å²) < 4.78 is 37.0. The number of hydrogen-bond acceptors (Lipinski definition) is 2. The zero-order valence-electron chi connectivity index (χ0n) is 8.10. The summed E-state index contributed by atoms with van der Waals surface area (Å²) >= 11 is 0. The third kappa shape index (κ3) is 2.75. The van der Waals surface area contributed by atoms with E-state index in [0.29, 0.717) is 0 Å². The average Bonchev–Trinajstić information content (AvgIpc) is 2.24. The molecular weight excluding hydrogens is 217 g/mol. The monoisotopic (exact) mass is 224 g/mol. The lowest BCUT2D eigenvalue weighted by atomic mass is 10.0. The second-order valence-corrected chi connectivity index (χ2v) is 2.88. The molecule has 16 heavy (non-hydrogen) atoms. The summed E-state index contributed by atoms with van der Waals surface area (Å²) in [6.07, 6.45) is -4.45. The number of rotatable bonds is 0. The van der Waals surface area contributed by atoms with E-state index in [1.54, 1.807) is 6.07 Å². The minimum Gasteiger partial charge on any atom is -0.320 e. The molecule has 1 aromatic rings. The van der Waals surface area contributed by atoms with Gasteiger partial charge in [0.1, 0.15) is 6.07 Å². The first kappa shape index (κ1) is 12.1. The molecule has 82 valence electrons. The van der Waals surface area contributed by atoms with Crippen LogP contribution in [0.5, 0.6) is 0 Å². The van der Waals surface area contributed by atoms with Gasteiger partial charge in [0.15, 0.2) is 0 Å². The molecule has 0 aliphatic rings. The molecule has 0 saturated carbocycles. The highest BCUT2D eigenvalue weighted by Gasteiger charge is 2.30. The van der Waals surface area contributed by atoms with Gasteiger partial charge >= 0.3 is 6.18 Å². The summed E-state index contributed by atoms with van der Waals surface area (Å²) in [7, 11) is 0. The van der Waals surface area contributed by atoms with E-state index in [2.05, 4.69) is 11.8 Å². The molecular formula is C11H7F3N2. The van der Waals surface area contributed by atoms with E-state index in [1.807, 2.05) is 0 Å². The normalized spacial score (nSPS) is 10.2. The summed E-state index contributed by atoms with van der Waals surface area (Å²) in [5.41, 5.74) is 4.42. The van der Waals surface area contributed by atoms with E-state index in [4.69, 9.17) is 11.0 Å². The molecule has 0 atom stereocenters. The molecule has 2 N–H and O–H groups in total. The second kappa shape index (κ2) is 4.69. The Morgan fingerprint density at radius 2 is 1.94 bits per heavy atom. The van der Waals surface area contributed by atoms with Crippen LogP contribution in [0.2, 0.25) is 0 Å². The molecule has 0 aliphatic carbocycles. The van der Waals surface area contributed by atoms with Gasteiger partial charge in [0.25, 0.3) is 0 Å². The Hall–Kier alpha value is -1.98. The van der Waals surface area contributed by atoms with Crippen LogP contribution >= 0.6 is 0 Å². The number of alkyl halides is 3. The van der Waals surface area contributed by atoms with Gasteiger partial charge in [-0.2, -0.15) is 18.4 Å². The molecule has 1 rings (SSSR count). The van der Waals surface area contributed by atoms with E-state index >= 15 is 0 Å². The van der Waals surface area contributed by atoms with Crippen LogP contribution in [0, 0.1) is 23.2 Å². The van der Waals surface area contributed by atoms with Gasteiger partial charge in [-0.25, -0.2) is 0 Å². The quantitative estimate of drug-likeness (QED) is 0.684. The minimum atomic E-state index is -4.45. The maximum Gasteiger partial charge on any atom is 0.416 e. The number of benzene rings is 1. The Balaban J connectivity index is 3.24. The van der Waals surface area contributed by atoms with Crippen molar-refractivity contribution < 1.29 is 13.2 Å². The first-order valence-corrected chi connectivity index (χ1v) is 4.29. The predicted octanol–water partition coefficient (Wildman–Crippen LogP) is 1.89. The number of nitrogens with zero attached hydrogens (tertiary/aromatic N) is 1. The van der Waals surface area contributed by atoms with Gasteiger partial charge in [-0.15, -0.1) is 0 Å². The summed E-state index contributed by atoms with van der Waals surface area (Å²) in [6, 6.07) is 4.51. The van der Waals surface area contributed by atoms with E-state index < -0.39 is 11.7 Å². The first-order chi connectivity index (χ1) is 7.49. The highest BCUT2D eigenvalue weighted by atomic mass is 19.4. The van der Waals surface area contributed by atoms with Crippen LogP contribution < -0.4 is 5.73 Å². The van der Waals surface area contributed by atoms with Crippen LogP contribution in [-0.4, -0.2) is 6.54 Å². The average molecular weight is 224 g/mol. The Labute approximate surface area is 90.5 Å². The molecule has 0 amide bonds. The van der Waals surface area contributed by atoms with Gasteiger partial charge in [0.05, 0.1) is 17.7 Å². The molecule has 5 heteroatoms. The van der Waals surface area contributed by atoms with Crippen LogP contribution in [0.15, 0.2) is 18.2 Å². The lowest BCUT2D eigenvalue weighted by Crippen LogP contribution is -2.05. The zero-order valence-corrected chi connectivity index (χ0v) is 8.10. The molecule has 0 fully saturated rings. The SMILES string of the molecule is N#Cc1cc(C(F)(F)F)ccc1C#CCN. The van der Waals surface area contributed by atoms with Gasteiger partial charge in [-0.1, -0.05) is 11.8 Å². The Kier molecular flexibility index (Phi) is 3.55. The van der Waals surface area contributed by atoms with Crippen molar-refractivity contribution in [3.05, 3.63) is 34.9 Å². The highest BCUT2D eigenvalue weighted by molar-refractivity contribution is 5.50. The molecule has 0 saturated heterocycles. The topological polar surface area (TPSA) is 49.8 Å². The van der Waals surface area contributed by atoms with Crippen LogP contribution in [0.4, 0.5) is 13.2 Å². The number of nitrogens with two attached hydrogens (primary N) is 1. The van der Waals surface area contributed by atoms with Crippen LogP contribution in [0.1, 0.15) is 16.7 Å². The molecule has 0 spiro atoms. The fourth-order valence-corrected chi connectivity index (χ4v) is 1.07. The highest BCUT2D eigenvalue weighted by Crippen LogP contribution is 2.30. The molecule has 0 heterocycles. The van der Waals surface area contributed by atoms with Crippen molar-refractivity contribution in [1.29, 1.82) is 5.26 Å². The fourth-order valence-electron chi connectivity index (χ4n) is 1.07. The van der Waals surface area contributed by atoms with Crippen molar-refractivity contribution in [2.75, 3.05) is 6.54 Å². The van der Waals surface area contributed by atoms with Gasteiger partial charge in [0.2, 0.25) is 0 Å². The van der Waals surface area contributed by atoms with Crippen molar-refractivity contribution in [3.63, 3.8) is 0 Å². The van der Waals surface area contributed by atoms with Crippen molar-refractivity contribution in [1.82, 2.24) is 0 Å². The molecule has 0 unspecified atom stereocenters. The largest absolute Gasteiger partial charge is 0.416 e. The molecule has 2 nitrogen and oxygen atoms in total. The Bertz CT molecular complexity index is 487. The molecule has 0 aliphatic heterocycles.